The van der Waals surface area contributed by atoms with Crippen molar-refractivity contribution in [3.8, 4) is 0 Å². The summed E-state index contributed by atoms with van der Waals surface area (Å²) in [6, 6.07) is 5.96. The van der Waals surface area contributed by atoms with Crippen molar-refractivity contribution in [2.24, 2.45) is 5.41 Å². The number of hydrogen-bond acceptors (Lipinski definition) is 2. The highest BCUT2D eigenvalue weighted by molar-refractivity contribution is 5.89. The van der Waals surface area contributed by atoms with E-state index in [2.05, 4.69) is 19.2 Å². The lowest BCUT2D eigenvalue weighted by Gasteiger charge is -2.29. The second-order valence-electron chi connectivity index (χ2n) is 5.91. The number of carboxylic acid groups (broad SMARTS) is 1. The van der Waals surface area contributed by atoms with Gasteiger partial charge in [0.15, 0.2) is 0 Å². The Labute approximate surface area is 108 Å². The highest BCUT2D eigenvalue weighted by atomic mass is 16.4. The van der Waals surface area contributed by atoms with Crippen molar-refractivity contribution < 1.29 is 9.90 Å². The number of carbonyl (C=O) groups is 1. The number of hydrogen-bond donors (Lipinski definition) is 2. The van der Waals surface area contributed by atoms with Gasteiger partial charge >= 0.3 is 5.97 Å². The molecule has 18 heavy (non-hydrogen) atoms. The van der Waals surface area contributed by atoms with Crippen LogP contribution >= 0.6 is 0 Å². The zero-order valence-electron chi connectivity index (χ0n) is 11.3. The largest absolute Gasteiger partial charge is 0.478 e. The Kier molecular flexibility index (Phi) is 3.33. The van der Waals surface area contributed by atoms with E-state index in [9.17, 15) is 4.79 Å². The smallest absolute Gasteiger partial charge is 0.335 e. The normalized spacial score (nSPS) is 21.8. The van der Waals surface area contributed by atoms with E-state index in [4.69, 9.17) is 5.11 Å². The molecule has 98 valence electrons. The fourth-order valence-electron chi connectivity index (χ4n) is 2.79. The van der Waals surface area contributed by atoms with Crippen LogP contribution in [0.3, 0.4) is 0 Å². The average molecular weight is 247 g/mol. The number of rotatable bonds is 3. The molecule has 0 heterocycles. The van der Waals surface area contributed by atoms with Gasteiger partial charge in [-0.25, -0.2) is 4.79 Å². The van der Waals surface area contributed by atoms with E-state index >= 15 is 0 Å². The van der Waals surface area contributed by atoms with E-state index in [1.165, 1.54) is 19.3 Å². The van der Waals surface area contributed by atoms with Gasteiger partial charge in [-0.05, 0) is 48.9 Å². The molecule has 3 nitrogen and oxygen atoms in total. The topological polar surface area (TPSA) is 49.3 Å². The fourth-order valence-corrected chi connectivity index (χ4v) is 2.79. The van der Waals surface area contributed by atoms with E-state index in [1.54, 1.807) is 6.07 Å². The Morgan fingerprint density at radius 1 is 1.44 bits per heavy atom. The van der Waals surface area contributed by atoms with Crippen LogP contribution in [-0.4, -0.2) is 17.1 Å². The summed E-state index contributed by atoms with van der Waals surface area (Å²) in [6.45, 7) is 6.42. The molecular weight excluding hydrogens is 226 g/mol. The molecule has 0 aliphatic heterocycles. The van der Waals surface area contributed by atoms with Crippen molar-refractivity contribution in [3.05, 3.63) is 29.3 Å². The van der Waals surface area contributed by atoms with Crippen molar-refractivity contribution in [2.75, 3.05) is 5.32 Å². The zero-order chi connectivity index (χ0) is 13.3. The first-order valence-electron chi connectivity index (χ1n) is 6.50. The molecule has 1 atom stereocenters. The molecule has 1 saturated carbocycles. The standard InChI is InChI=1S/C15H21NO2/c1-10-9-11(6-7-12(10)14(17)18)16-13-5-4-8-15(13,2)3/h6-7,9,13,16H,4-5,8H2,1-3H3,(H,17,18). The maximum Gasteiger partial charge on any atom is 0.335 e. The van der Waals surface area contributed by atoms with Crippen LogP contribution in [0.4, 0.5) is 5.69 Å². The Bertz CT molecular complexity index is 466. The first-order valence-corrected chi connectivity index (χ1v) is 6.50. The molecule has 3 heteroatoms. The molecule has 0 saturated heterocycles. The predicted molar refractivity (Wildman–Crippen MR) is 73.2 cm³/mol. The molecule has 1 aliphatic rings. The number of benzene rings is 1. The number of anilines is 1. The third kappa shape index (κ3) is 2.50. The maximum atomic E-state index is 11.0. The minimum Gasteiger partial charge on any atom is -0.478 e. The van der Waals surface area contributed by atoms with Crippen LogP contribution in [0.2, 0.25) is 0 Å². The van der Waals surface area contributed by atoms with Gasteiger partial charge in [-0.15, -0.1) is 0 Å². The SMILES string of the molecule is Cc1cc(NC2CCCC2(C)C)ccc1C(=O)O. The van der Waals surface area contributed by atoms with Gasteiger partial charge in [0, 0.05) is 11.7 Å². The lowest BCUT2D eigenvalue weighted by Crippen LogP contribution is -2.30. The first-order chi connectivity index (χ1) is 8.40. The lowest BCUT2D eigenvalue weighted by molar-refractivity contribution is 0.0696. The molecule has 0 spiro atoms. The molecule has 0 amide bonds. The van der Waals surface area contributed by atoms with Gasteiger partial charge in [-0.1, -0.05) is 20.3 Å². The van der Waals surface area contributed by atoms with Crippen LogP contribution in [0, 0.1) is 12.3 Å². The molecule has 0 bridgehead atoms. The van der Waals surface area contributed by atoms with Gasteiger partial charge in [-0.3, -0.25) is 0 Å². The zero-order valence-corrected chi connectivity index (χ0v) is 11.3. The second-order valence-corrected chi connectivity index (χ2v) is 5.91. The van der Waals surface area contributed by atoms with Crippen molar-refractivity contribution >= 4 is 11.7 Å². The van der Waals surface area contributed by atoms with E-state index < -0.39 is 5.97 Å². The van der Waals surface area contributed by atoms with Crippen molar-refractivity contribution in [2.45, 2.75) is 46.1 Å². The quantitative estimate of drug-likeness (QED) is 0.856. The summed E-state index contributed by atoms with van der Waals surface area (Å²) < 4.78 is 0. The number of aryl methyl sites for hydroxylation is 1. The third-order valence-electron chi connectivity index (χ3n) is 4.05. The van der Waals surface area contributed by atoms with Crippen LogP contribution < -0.4 is 5.32 Å². The Morgan fingerprint density at radius 2 is 2.17 bits per heavy atom. The second kappa shape index (κ2) is 4.63. The van der Waals surface area contributed by atoms with Crippen LogP contribution in [0.15, 0.2) is 18.2 Å². The summed E-state index contributed by atoms with van der Waals surface area (Å²) >= 11 is 0. The third-order valence-corrected chi connectivity index (χ3v) is 4.05. The number of carboxylic acids is 1. The van der Waals surface area contributed by atoms with Crippen LogP contribution in [-0.2, 0) is 0 Å². The summed E-state index contributed by atoms with van der Waals surface area (Å²) in [5.74, 6) is -0.861. The van der Waals surface area contributed by atoms with E-state index in [1.807, 2.05) is 19.1 Å². The maximum absolute atomic E-state index is 11.0. The van der Waals surface area contributed by atoms with E-state index in [-0.39, 0.29) is 0 Å². The molecule has 1 aromatic rings. The molecule has 1 fully saturated rings. The Balaban J connectivity index is 2.16. The van der Waals surface area contributed by atoms with Crippen LogP contribution in [0.25, 0.3) is 0 Å². The molecule has 1 aromatic carbocycles. The van der Waals surface area contributed by atoms with Gasteiger partial charge < -0.3 is 10.4 Å². The van der Waals surface area contributed by atoms with Crippen molar-refractivity contribution in [1.82, 2.24) is 0 Å². The fraction of sp³-hybridized carbons (Fsp3) is 0.533. The average Bonchev–Trinajstić information content (AvgIpc) is 2.58. The number of nitrogens with one attached hydrogen (secondary N) is 1. The van der Waals surface area contributed by atoms with Gasteiger partial charge in [0.1, 0.15) is 0 Å². The summed E-state index contributed by atoms with van der Waals surface area (Å²) in [6.07, 6.45) is 3.69. The molecule has 1 aliphatic carbocycles. The summed E-state index contributed by atoms with van der Waals surface area (Å²) in [5.41, 5.74) is 2.53. The lowest BCUT2D eigenvalue weighted by atomic mass is 9.87. The predicted octanol–water partition coefficient (Wildman–Crippen LogP) is 3.68. The highest BCUT2D eigenvalue weighted by Gasteiger charge is 2.34. The monoisotopic (exact) mass is 247 g/mol. The van der Waals surface area contributed by atoms with Gasteiger partial charge in [-0.2, -0.15) is 0 Å². The molecule has 0 aromatic heterocycles. The minimum absolute atomic E-state index is 0.319. The Morgan fingerprint density at radius 3 is 2.67 bits per heavy atom. The van der Waals surface area contributed by atoms with Gasteiger partial charge in [0.05, 0.1) is 5.56 Å². The highest BCUT2D eigenvalue weighted by Crippen LogP contribution is 2.39. The molecule has 0 radical (unpaired) electrons. The minimum atomic E-state index is -0.861. The summed E-state index contributed by atoms with van der Waals surface area (Å²) in [4.78, 5) is 11.0. The van der Waals surface area contributed by atoms with E-state index in [0.29, 0.717) is 17.0 Å². The Hall–Kier alpha value is -1.51. The molecule has 2 N–H and O–H groups in total. The van der Waals surface area contributed by atoms with E-state index in [0.717, 1.165) is 11.3 Å². The van der Waals surface area contributed by atoms with Gasteiger partial charge in [0.2, 0.25) is 0 Å². The van der Waals surface area contributed by atoms with Crippen LogP contribution in [0.5, 0.6) is 0 Å². The van der Waals surface area contributed by atoms with Crippen molar-refractivity contribution in [3.63, 3.8) is 0 Å². The van der Waals surface area contributed by atoms with Crippen LogP contribution in [0.1, 0.15) is 49.0 Å². The molecular formula is C15H21NO2. The van der Waals surface area contributed by atoms with Gasteiger partial charge in [0.25, 0.3) is 0 Å². The molecule has 1 unspecified atom stereocenters. The van der Waals surface area contributed by atoms with Crippen molar-refractivity contribution in [1.29, 1.82) is 0 Å². The summed E-state index contributed by atoms with van der Waals surface area (Å²) in [7, 11) is 0. The first kappa shape index (κ1) is 12.9. The molecule has 2 rings (SSSR count). The summed E-state index contributed by atoms with van der Waals surface area (Å²) in [5, 5.41) is 12.5. The number of aromatic carboxylic acids is 1.